The van der Waals surface area contributed by atoms with E-state index in [1.165, 1.54) is 43.1 Å². The van der Waals surface area contributed by atoms with E-state index < -0.39 is 0 Å². The fourth-order valence-electron chi connectivity index (χ4n) is 4.49. The zero-order valence-corrected chi connectivity index (χ0v) is 16.9. The van der Waals surface area contributed by atoms with Gasteiger partial charge in [0.1, 0.15) is 0 Å². The van der Waals surface area contributed by atoms with Crippen molar-refractivity contribution in [3.63, 3.8) is 0 Å². The van der Waals surface area contributed by atoms with E-state index in [1.54, 1.807) is 5.57 Å². The zero-order valence-electron chi connectivity index (χ0n) is 15.3. The largest absolute Gasteiger partial charge is 0.0620 e. The van der Waals surface area contributed by atoms with Gasteiger partial charge in [0.2, 0.25) is 0 Å². The van der Waals surface area contributed by atoms with Crippen LogP contribution < -0.4 is 0 Å². The predicted octanol–water partition coefficient (Wildman–Crippen LogP) is 7.41. The first-order valence-electron chi connectivity index (χ1n) is 8.98. The molecule has 0 nitrogen and oxygen atoms in total. The molecule has 4 rings (SSSR count). The van der Waals surface area contributed by atoms with Crippen molar-refractivity contribution in [2.45, 2.75) is 39.5 Å². The van der Waals surface area contributed by atoms with Gasteiger partial charge in [-0.3, -0.25) is 0 Å². The molecule has 0 amide bonds. The molecule has 3 aromatic carbocycles. The van der Waals surface area contributed by atoms with Crippen molar-refractivity contribution in [1.82, 2.24) is 0 Å². The third kappa shape index (κ3) is 2.33. The van der Waals surface area contributed by atoms with E-state index in [1.807, 2.05) is 0 Å². The summed E-state index contributed by atoms with van der Waals surface area (Å²) in [6.45, 7) is 9.26. The minimum absolute atomic E-state index is 0.0499. The molecule has 0 radical (unpaired) electrons. The maximum absolute atomic E-state index is 3.82. The highest BCUT2D eigenvalue weighted by molar-refractivity contribution is 9.10. The van der Waals surface area contributed by atoms with Crippen molar-refractivity contribution in [3.05, 3.63) is 86.9 Å². The molecule has 0 N–H and O–H groups in total. The highest BCUT2D eigenvalue weighted by atomic mass is 79.9. The fraction of sp³-hybridized carbons (Fsp3) is 0.250. The van der Waals surface area contributed by atoms with Crippen molar-refractivity contribution in [1.29, 1.82) is 0 Å². The summed E-state index contributed by atoms with van der Waals surface area (Å²) in [5.41, 5.74) is 8.62. The minimum atomic E-state index is 0.0499. The molecule has 0 fully saturated rings. The summed E-state index contributed by atoms with van der Waals surface area (Å²) in [4.78, 5) is 0. The van der Waals surface area contributed by atoms with Crippen LogP contribution in [0.25, 0.3) is 16.3 Å². The number of hydrogen-bond donors (Lipinski definition) is 0. The van der Waals surface area contributed by atoms with Gasteiger partial charge in [-0.05, 0) is 58.0 Å². The standard InChI is InChI=1S/C24H23Br/c1-5-19-22(16-11-7-6-10-15(16)2)23-18-13-9-8-12-17(18)21(25)14-20(23)24(19,3)4/h6-14H,5H2,1-4H3. The van der Waals surface area contributed by atoms with Crippen LogP contribution >= 0.6 is 15.9 Å². The Balaban J connectivity index is 2.19. The summed E-state index contributed by atoms with van der Waals surface area (Å²) in [5, 5.41) is 2.64. The molecule has 0 heterocycles. The Kier molecular flexibility index (Phi) is 3.88. The summed E-state index contributed by atoms with van der Waals surface area (Å²) in [6, 6.07) is 19.9. The molecule has 25 heavy (non-hydrogen) atoms. The van der Waals surface area contributed by atoms with Gasteiger partial charge in [0.15, 0.2) is 0 Å². The smallest absolute Gasteiger partial charge is 0.0257 e. The molecule has 0 bridgehead atoms. The van der Waals surface area contributed by atoms with Crippen molar-refractivity contribution >= 4 is 32.3 Å². The van der Waals surface area contributed by atoms with Crippen LogP contribution in [0.3, 0.4) is 0 Å². The number of halogens is 1. The molecule has 1 heteroatoms. The van der Waals surface area contributed by atoms with Gasteiger partial charge >= 0.3 is 0 Å². The Morgan fingerprint density at radius 2 is 1.56 bits per heavy atom. The van der Waals surface area contributed by atoms with Crippen LogP contribution in [0.5, 0.6) is 0 Å². The van der Waals surface area contributed by atoms with E-state index in [0.29, 0.717) is 0 Å². The van der Waals surface area contributed by atoms with E-state index in [9.17, 15) is 0 Å². The second kappa shape index (κ2) is 5.85. The lowest BCUT2D eigenvalue weighted by atomic mass is 9.79. The predicted molar refractivity (Wildman–Crippen MR) is 112 cm³/mol. The molecular formula is C24H23Br. The normalized spacial score (nSPS) is 15.7. The molecule has 3 aromatic rings. The van der Waals surface area contributed by atoms with E-state index in [0.717, 1.165) is 6.42 Å². The van der Waals surface area contributed by atoms with Gasteiger partial charge in [0.25, 0.3) is 0 Å². The van der Waals surface area contributed by atoms with Crippen LogP contribution in [0.2, 0.25) is 0 Å². The van der Waals surface area contributed by atoms with Gasteiger partial charge in [-0.25, -0.2) is 0 Å². The van der Waals surface area contributed by atoms with Crippen LogP contribution in [0.4, 0.5) is 0 Å². The van der Waals surface area contributed by atoms with Crippen LogP contribution in [0, 0.1) is 6.92 Å². The first-order chi connectivity index (χ1) is 12.0. The van der Waals surface area contributed by atoms with Crippen LogP contribution in [0.15, 0.2) is 64.6 Å². The summed E-state index contributed by atoms with van der Waals surface area (Å²) in [6.07, 6.45) is 1.07. The number of fused-ring (bicyclic) bond motifs is 3. The van der Waals surface area contributed by atoms with Crippen molar-refractivity contribution in [2.75, 3.05) is 0 Å². The minimum Gasteiger partial charge on any atom is -0.0620 e. The van der Waals surface area contributed by atoms with Gasteiger partial charge in [-0.1, -0.05) is 90.8 Å². The SMILES string of the molecule is CCC1=C(c2ccccc2C)c2c(cc(Br)c3ccccc23)C1(C)C. The lowest BCUT2D eigenvalue weighted by Gasteiger charge is -2.24. The zero-order chi connectivity index (χ0) is 17.8. The summed E-state index contributed by atoms with van der Waals surface area (Å²) in [7, 11) is 0. The first kappa shape index (κ1) is 16.6. The molecule has 0 atom stereocenters. The Morgan fingerprint density at radius 1 is 0.920 bits per heavy atom. The number of aryl methyl sites for hydroxylation is 1. The third-order valence-electron chi connectivity index (χ3n) is 5.74. The molecule has 0 aliphatic heterocycles. The summed E-state index contributed by atoms with van der Waals surface area (Å²) < 4.78 is 1.19. The molecule has 0 unspecified atom stereocenters. The van der Waals surface area contributed by atoms with Gasteiger partial charge in [0.05, 0.1) is 0 Å². The number of hydrogen-bond acceptors (Lipinski definition) is 0. The Hall–Kier alpha value is -1.86. The molecular weight excluding hydrogens is 368 g/mol. The van der Waals surface area contributed by atoms with Crippen molar-refractivity contribution in [2.24, 2.45) is 0 Å². The Bertz CT molecular complexity index is 1020. The average molecular weight is 391 g/mol. The number of benzene rings is 3. The van der Waals surface area contributed by atoms with Crippen molar-refractivity contribution in [3.8, 4) is 0 Å². The maximum Gasteiger partial charge on any atom is 0.0257 e. The fourth-order valence-corrected chi connectivity index (χ4v) is 5.06. The molecule has 126 valence electrons. The quantitative estimate of drug-likeness (QED) is 0.427. The lowest BCUT2D eigenvalue weighted by Crippen LogP contribution is -2.17. The van der Waals surface area contributed by atoms with E-state index in [4.69, 9.17) is 0 Å². The lowest BCUT2D eigenvalue weighted by molar-refractivity contribution is 0.617. The second-order valence-corrected chi connectivity index (χ2v) is 8.33. The number of allylic oxidation sites excluding steroid dienone is 1. The monoisotopic (exact) mass is 390 g/mol. The van der Waals surface area contributed by atoms with Gasteiger partial charge in [-0.15, -0.1) is 0 Å². The highest BCUT2D eigenvalue weighted by Gasteiger charge is 2.38. The van der Waals surface area contributed by atoms with Crippen LogP contribution in [-0.2, 0) is 5.41 Å². The second-order valence-electron chi connectivity index (χ2n) is 7.47. The molecule has 0 saturated carbocycles. The van der Waals surface area contributed by atoms with E-state index >= 15 is 0 Å². The summed E-state index contributed by atoms with van der Waals surface area (Å²) in [5.74, 6) is 0. The van der Waals surface area contributed by atoms with Gasteiger partial charge < -0.3 is 0 Å². The van der Waals surface area contributed by atoms with Crippen LogP contribution in [0.1, 0.15) is 49.4 Å². The third-order valence-corrected chi connectivity index (χ3v) is 6.40. The molecule has 0 saturated heterocycles. The maximum atomic E-state index is 3.82. The Morgan fingerprint density at radius 3 is 2.24 bits per heavy atom. The molecule has 1 aliphatic rings. The highest BCUT2D eigenvalue weighted by Crippen LogP contribution is 2.53. The molecule has 1 aliphatic carbocycles. The van der Waals surface area contributed by atoms with Crippen molar-refractivity contribution < 1.29 is 0 Å². The first-order valence-corrected chi connectivity index (χ1v) is 9.77. The van der Waals surface area contributed by atoms with E-state index in [2.05, 4.69) is 98.2 Å². The van der Waals surface area contributed by atoms with Gasteiger partial charge in [-0.2, -0.15) is 0 Å². The average Bonchev–Trinajstić information content (AvgIpc) is 2.82. The topological polar surface area (TPSA) is 0 Å². The molecule has 0 spiro atoms. The van der Waals surface area contributed by atoms with Gasteiger partial charge in [0, 0.05) is 9.89 Å². The summed E-state index contributed by atoms with van der Waals surface area (Å²) >= 11 is 3.82. The molecule has 0 aromatic heterocycles. The Labute approximate surface area is 158 Å². The van der Waals surface area contributed by atoms with E-state index in [-0.39, 0.29) is 5.41 Å². The number of rotatable bonds is 2. The van der Waals surface area contributed by atoms with Crippen LogP contribution in [-0.4, -0.2) is 0 Å².